The van der Waals surface area contributed by atoms with Crippen molar-refractivity contribution in [2.24, 2.45) is 7.05 Å². The van der Waals surface area contributed by atoms with Crippen LogP contribution in [-0.4, -0.2) is 21.9 Å². The van der Waals surface area contributed by atoms with Crippen LogP contribution in [0.25, 0.3) is 11.4 Å². The second kappa shape index (κ2) is 3.49. The van der Waals surface area contributed by atoms with Gasteiger partial charge in [-0.25, -0.2) is 0 Å². The van der Waals surface area contributed by atoms with Crippen molar-refractivity contribution in [3.8, 4) is 17.4 Å². The summed E-state index contributed by atoms with van der Waals surface area (Å²) < 4.78 is 6.85. The zero-order chi connectivity index (χ0) is 9.97. The summed E-state index contributed by atoms with van der Waals surface area (Å²) in [5.41, 5.74) is 1.03. The molecule has 4 nitrogen and oxygen atoms in total. The second-order valence-corrected chi connectivity index (χ2v) is 2.94. The van der Waals surface area contributed by atoms with Crippen molar-refractivity contribution < 1.29 is 4.74 Å². The number of hydrogen-bond acceptors (Lipinski definition) is 3. The molecule has 1 aromatic carbocycles. The third-order valence-corrected chi connectivity index (χ3v) is 2.05. The molecule has 0 bridgehead atoms. The van der Waals surface area contributed by atoms with Crippen molar-refractivity contribution in [1.82, 2.24) is 14.8 Å². The van der Waals surface area contributed by atoms with Gasteiger partial charge in [-0.3, -0.25) is 4.57 Å². The standard InChI is InChI=1S/C10H11N3O/c1-13-9(11-12-10(13)14-2)8-6-4-3-5-7-8/h3-7H,1-2H3. The van der Waals surface area contributed by atoms with Gasteiger partial charge in [0, 0.05) is 12.6 Å². The van der Waals surface area contributed by atoms with E-state index in [1.165, 1.54) is 0 Å². The molecule has 0 unspecified atom stereocenters. The quantitative estimate of drug-likeness (QED) is 0.718. The lowest BCUT2D eigenvalue weighted by Crippen LogP contribution is -1.96. The first-order chi connectivity index (χ1) is 6.83. The molecular formula is C10H11N3O. The Labute approximate surface area is 82.2 Å². The average Bonchev–Trinajstić information content (AvgIpc) is 2.61. The summed E-state index contributed by atoms with van der Waals surface area (Å²) in [5, 5.41) is 7.95. The lowest BCUT2D eigenvalue weighted by molar-refractivity contribution is 0.365. The van der Waals surface area contributed by atoms with E-state index in [0.717, 1.165) is 11.4 Å². The van der Waals surface area contributed by atoms with Crippen molar-refractivity contribution >= 4 is 0 Å². The number of hydrogen-bond donors (Lipinski definition) is 0. The van der Waals surface area contributed by atoms with Crippen LogP contribution in [0.15, 0.2) is 30.3 Å². The predicted octanol–water partition coefficient (Wildman–Crippen LogP) is 1.49. The molecule has 72 valence electrons. The van der Waals surface area contributed by atoms with E-state index < -0.39 is 0 Å². The molecule has 1 aromatic heterocycles. The average molecular weight is 189 g/mol. The van der Waals surface area contributed by atoms with Gasteiger partial charge in [0.2, 0.25) is 0 Å². The van der Waals surface area contributed by atoms with Crippen molar-refractivity contribution in [3.63, 3.8) is 0 Å². The number of methoxy groups -OCH3 is 1. The van der Waals surface area contributed by atoms with Crippen molar-refractivity contribution in [3.05, 3.63) is 30.3 Å². The molecule has 1 heterocycles. The highest BCUT2D eigenvalue weighted by Crippen LogP contribution is 2.18. The van der Waals surface area contributed by atoms with E-state index in [4.69, 9.17) is 4.74 Å². The molecule has 0 aliphatic rings. The van der Waals surface area contributed by atoms with E-state index in [1.54, 1.807) is 7.11 Å². The van der Waals surface area contributed by atoms with E-state index in [1.807, 2.05) is 41.9 Å². The molecule has 0 amide bonds. The number of aromatic nitrogens is 3. The predicted molar refractivity (Wildman–Crippen MR) is 53.0 cm³/mol. The van der Waals surface area contributed by atoms with Gasteiger partial charge < -0.3 is 4.74 Å². The summed E-state index contributed by atoms with van der Waals surface area (Å²) >= 11 is 0. The fourth-order valence-electron chi connectivity index (χ4n) is 1.33. The summed E-state index contributed by atoms with van der Waals surface area (Å²) in [4.78, 5) is 0. The Morgan fingerprint density at radius 1 is 1.14 bits per heavy atom. The monoisotopic (exact) mass is 189 g/mol. The van der Waals surface area contributed by atoms with E-state index >= 15 is 0 Å². The molecule has 2 aromatic rings. The first-order valence-corrected chi connectivity index (χ1v) is 4.31. The summed E-state index contributed by atoms with van der Waals surface area (Å²) in [6.45, 7) is 0. The smallest absolute Gasteiger partial charge is 0.316 e. The van der Waals surface area contributed by atoms with Crippen molar-refractivity contribution in [2.45, 2.75) is 0 Å². The van der Waals surface area contributed by atoms with Crippen molar-refractivity contribution in [1.29, 1.82) is 0 Å². The molecule has 0 atom stereocenters. The van der Waals surface area contributed by atoms with Crippen LogP contribution in [0, 0.1) is 0 Å². The molecule has 14 heavy (non-hydrogen) atoms. The maximum absolute atomic E-state index is 5.04. The van der Waals surface area contributed by atoms with Crippen LogP contribution in [0.1, 0.15) is 0 Å². The number of benzene rings is 1. The van der Waals surface area contributed by atoms with Gasteiger partial charge in [-0.1, -0.05) is 35.4 Å². The Morgan fingerprint density at radius 3 is 2.43 bits per heavy atom. The molecule has 2 rings (SSSR count). The molecule has 4 heteroatoms. The molecule has 0 radical (unpaired) electrons. The van der Waals surface area contributed by atoms with Gasteiger partial charge in [0.15, 0.2) is 5.82 Å². The van der Waals surface area contributed by atoms with Gasteiger partial charge in [0.05, 0.1) is 7.11 Å². The molecule has 0 aliphatic heterocycles. The van der Waals surface area contributed by atoms with Crippen LogP contribution in [0.3, 0.4) is 0 Å². The van der Waals surface area contributed by atoms with Crippen LogP contribution >= 0.6 is 0 Å². The molecular weight excluding hydrogens is 178 g/mol. The zero-order valence-corrected chi connectivity index (χ0v) is 8.14. The Balaban J connectivity index is 2.48. The number of nitrogens with zero attached hydrogens (tertiary/aromatic N) is 3. The highest BCUT2D eigenvalue weighted by molar-refractivity contribution is 5.55. The van der Waals surface area contributed by atoms with Gasteiger partial charge in [0.25, 0.3) is 0 Å². The van der Waals surface area contributed by atoms with E-state index in [9.17, 15) is 0 Å². The minimum atomic E-state index is 0.517. The lowest BCUT2D eigenvalue weighted by atomic mass is 10.2. The molecule has 0 saturated heterocycles. The molecule has 0 N–H and O–H groups in total. The Morgan fingerprint density at radius 2 is 1.86 bits per heavy atom. The van der Waals surface area contributed by atoms with Crippen LogP contribution in [0.2, 0.25) is 0 Å². The fraction of sp³-hybridized carbons (Fsp3) is 0.200. The zero-order valence-electron chi connectivity index (χ0n) is 8.14. The lowest BCUT2D eigenvalue weighted by Gasteiger charge is -2.01. The summed E-state index contributed by atoms with van der Waals surface area (Å²) in [5.74, 6) is 0.808. The first-order valence-electron chi connectivity index (χ1n) is 4.31. The molecule has 0 saturated carbocycles. The summed E-state index contributed by atoms with van der Waals surface area (Å²) in [7, 11) is 3.46. The number of rotatable bonds is 2. The normalized spacial score (nSPS) is 10.1. The van der Waals surface area contributed by atoms with Gasteiger partial charge >= 0.3 is 6.01 Å². The minimum absolute atomic E-state index is 0.517. The third kappa shape index (κ3) is 1.35. The van der Waals surface area contributed by atoms with Crippen LogP contribution in [-0.2, 0) is 7.05 Å². The number of ether oxygens (including phenoxy) is 1. The maximum Gasteiger partial charge on any atom is 0.316 e. The Kier molecular flexibility index (Phi) is 2.18. The van der Waals surface area contributed by atoms with Crippen LogP contribution < -0.4 is 4.74 Å². The minimum Gasteiger partial charge on any atom is -0.467 e. The van der Waals surface area contributed by atoms with Crippen LogP contribution in [0.4, 0.5) is 0 Å². The Hall–Kier alpha value is -1.84. The second-order valence-electron chi connectivity index (χ2n) is 2.94. The largest absolute Gasteiger partial charge is 0.467 e. The SMILES string of the molecule is COc1nnc(-c2ccccc2)n1C. The molecule has 0 aliphatic carbocycles. The fourth-order valence-corrected chi connectivity index (χ4v) is 1.33. The maximum atomic E-state index is 5.04. The van der Waals surface area contributed by atoms with E-state index in [0.29, 0.717) is 6.01 Å². The molecule has 0 fully saturated rings. The van der Waals surface area contributed by atoms with E-state index in [2.05, 4.69) is 10.2 Å². The van der Waals surface area contributed by atoms with Crippen molar-refractivity contribution in [2.75, 3.05) is 7.11 Å². The summed E-state index contributed by atoms with van der Waals surface area (Å²) in [6.07, 6.45) is 0. The van der Waals surface area contributed by atoms with Gasteiger partial charge in [-0.2, -0.15) is 0 Å². The summed E-state index contributed by atoms with van der Waals surface area (Å²) in [6, 6.07) is 10.4. The van der Waals surface area contributed by atoms with Gasteiger partial charge in [-0.05, 0) is 0 Å². The highest BCUT2D eigenvalue weighted by atomic mass is 16.5. The first kappa shape index (κ1) is 8.74. The van der Waals surface area contributed by atoms with E-state index in [-0.39, 0.29) is 0 Å². The van der Waals surface area contributed by atoms with Gasteiger partial charge in [0.1, 0.15) is 0 Å². The highest BCUT2D eigenvalue weighted by Gasteiger charge is 2.09. The van der Waals surface area contributed by atoms with Gasteiger partial charge in [-0.15, -0.1) is 5.10 Å². The third-order valence-electron chi connectivity index (χ3n) is 2.05. The van der Waals surface area contributed by atoms with Crippen LogP contribution in [0.5, 0.6) is 6.01 Å². The topological polar surface area (TPSA) is 39.9 Å². The molecule has 0 spiro atoms. The Bertz CT molecular complexity index is 422.